The van der Waals surface area contributed by atoms with Crippen molar-refractivity contribution in [3.05, 3.63) is 62.3 Å². The molecular formula is C21H21FN2O3S. The summed E-state index contributed by atoms with van der Waals surface area (Å²) in [5.74, 6) is -0.461. The van der Waals surface area contributed by atoms with Crippen molar-refractivity contribution in [2.45, 2.75) is 45.6 Å². The number of rotatable bonds is 4. The Morgan fingerprint density at radius 3 is 3.00 bits per heavy atom. The van der Waals surface area contributed by atoms with Crippen LogP contribution in [-0.4, -0.2) is 22.1 Å². The molecule has 1 unspecified atom stereocenters. The molecule has 146 valence electrons. The van der Waals surface area contributed by atoms with Crippen molar-refractivity contribution >= 4 is 27.5 Å². The van der Waals surface area contributed by atoms with Gasteiger partial charge >= 0.3 is 5.97 Å². The predicted octanol–water partition coefficient (Wildman–Crippen LogP) is 3.94. The minimum Gasteiger partial charge on any atom is -0.466 e. The van der Waals surface area contributed by atoms with Gasteiger partial charge in [-0.1, -0.05) is 12.1 Å². The van der Waals surface area contributed by atoms with Crippen LogP contribution in [0.15, 0.2) is 29.1 Å². The predicted molar refractivity (Wildman–Crippen MR) is 106 cm³/mol. The molecule has 0 saturated carbocycles. The van der Waals surface area contributed by atoms with Crippen molar-refractivity contribution in [3.8, 4) is 0 Å². The summed E-state index contributed by atoms with van der Waals surface area (Å²) < 4.78 is 20.4. The molecule has 3 aromatic rings. The highest BCUT2D eigenvalue weighted by molar-refractivity contribution is 7.18. The van der Waals surface area contributed by atoms with Crippen LogP contribution in [0.1, 0.15) is 47.5 Å². The monoisotopic (exact) mass is 400 g/mol. The van der Waals surface area contributed by atoms with Gasteiger partial charge in [0, 0.05) is 4.88 Å². The first-order valence-corrected chi connectivity index (χ1v) is 10.2. The molecule has 0 spiro atoms. The molecule has 0 bridgehead atoms. The topological polar surface area (TPSA) is 61.2 Å². The van der Waals surface area contributed by atoms with E-state index in [2.05, 4.69) is 4.98 Å². The minimum absolute atomic E-state index is 0.180. The zero-order valence-corrected chi connectivity index (χ0v) is 16.6. The van der Waals surface area contributed by atoms with Crippen molar-refractivity contribution in [3.63, 3.8) is 0 Å². The molecule has 7 heteroatoms. The van der Waals surface area contributed by atoms with E-state index < -0.39 is 5.92 Å². The van der Waals surface area contributed by atoms with E-state index in [4.69, 9.17) is 4.74 Å². The van der Waals surface area contributed by atoms with Gasteiger partial charge < -0.3 is 4.74 Å². The third-order valence-corrected chi connectivity index (χ3v) is 6.32. The second-order valence-electron chi connectivity index (χ2n) is 7.00. The molecule has 1 aliphatic rings. The standard InChI is InChI=1S/C21H21FN2O3S/c1-3-27-21(26)15-8-5-9-16-17(15)18-19(28-16)23-12(2)24(20(18)25)11-13-6-4-7-14(22)10-13/h4,6-7,10,15H,3,5,8-9,11H2,1-2H3. The summed E-state index contributed by atoms with van der Waals surface area (Å²) in [6, 6.07) is 6.20. The van der Waals surface area contributed by atoms with Crippen LogP contribution >= 0.6 is 11.3 Å². The van der Waals surface area contributed by atoms with Crippen molar-refractivity contribution in [2.24, 2.45) is 0 Å². The van der Waals surface area contributed by atoms with Gasteiger partial charge in [0.2, 0.25) is 0 Å². The molecule has 1 aromatic carbocycles. The van der Waals surface area contributed by atoms with Gasteiger partial charge in [0.05, 0.1) is 24.5 Å². The van der Waals surface area contributed by atoms with Crippen LogP contribution in [0.5, 0.6) is 0 Å². The van der Waals surface area contributed by atoms with Crippen molar-refractivity contribution in [1.29, 1.82) is 0 Å². The molecular weight excluding hydrogens is 379 g/mol. The summed E-state index contributed by atoms with van der Waals surface area (Å²) in [7, 11) is 0. The van der Waals surface area contributed by atoms with E-state index in [0.717, 1.165) is 23.3 Å². The Morgan fingerprint density at radius 1 is 1.43 bits per heavy atom. The number of halogens is 1. The molecule has 0 radical (unpaired) electrons. The zero-order valence-electron chi connectivity index (χ0n) is 15.8. The molecule has 1 atom stereocenters. The van der Waals surface area contributed by atoms with Crippen molar-refractivity contribution in [1.82, 2.24) is 9.55 Å². The Bertz CT molecular complexity index is 1120. The van der Waals surface area contributed by atoms with Crippen LogP contribution in [0.2, 0.25) is 0 Å². The van der Waals surface area contributed by atoms with E-state index in [0.29, 0.717) is 34.6 Å². The Labute approximate surface area is 165 Å². The molecule has 5 nitrogen and oxygen atoms in total. The van der Waals surface area contributed by atoms with Gasteiger partial charge in [-0.3, -0.25) is 14.2 Å². The highest BCUT2D eigenvalue weighted by Crippen LogP contribution is 2.41. The fourth-order valence-electron chi connectivity index (χ4n) is 3.90. The van der Waals surface area contributed by atoms with E-state index in [-0.39, 0.29) is 23.9 Å². The molecule has 0 aliphatic heterocycles. The third-order valence-electron chi connectivity index (χ3n) is 5.16. The normalized spacial score (nSPS) is 16.2. The smallest absolute Gasteiger partial charge is 0.313 e. The van der Waals surface area contributed by atoms with Gasteiger partial charge in [-0.05, 0) is 56.4 Å². The first-order valence-electron chi connectivity index (χ1n) is 9.43. The fraction of sp³-hybridized carbons (Fsp3) is 0.381. The first-order chi connectivity index (χ1) is 13.5. The number of aryl methyl sites for hydroxylation is 2. The highest BCUT2D eigenvalue weighted by Gasteiger charge is 2.33. The molecule has 0 fully saturated rings. The molecule has 4 rings (SSSR count). The lowest BCUT2D eigenvalue weighted by Gasteiger charge is -2.21. The number of esters is 1. The SMILES string of the molecule is CCOC(=O)C1CCCc2sc3nc(C)n(Cc4cccc(F)c4)c(=O)c3c21. The van der Waals surface area contributed by atoms with Gasteiger partial charge in [-0.2, -0.15) is 0 Å². The Balaban J connectivity index is 1.87. The summed E-state index contributed by atoms with van der Waals surface area (Å²) in [5, 5.41) is 0.514. The lowest BCUT2D eigenvalue weighted by atomic mass is 9.86. The van der Waals surface area contributed by atoms with Crippen LogP contribution in [0.3, 0.4) is 0 Å². The van der Waals surface area contributed by atoms with Crippen molar-refractivity contribution in [2.75, 3.05) is 6.61 Å². The van der Waals surface area contributed by atoms with E-state index >= 15 is 0 Å². The molecule has 0 saturated heterocycles. The lowest BCUT2D eigenvalue weighted by molar-refractivity contribution is -0.145. The summed E-state index contributed by atoms with van der Waals surface area (Å²) in [6.07, 6.45) is 2.41. The number of hydrogen-bond acceptors (Lipinski definition) is 5. The molecule has 0 N–H and O–H groups in total. The third kappa shape index (κ3) is 3.24. The van der Waals surface area contributed by atoms with Crippen LogP contribution in [0.25, 0.3) is 10.2 Å². The van der Waals surface area contributed by atoms with Crippen LogP contribution in [-0.2, 0) is 22.5 Å². The van der Waals surface area contributed by atoms with Gasteiger partial charge in [-0.15, -0.1) is 11.3 Å². The number of ether oxygens (including phenoxy) is 1. The summed E-state index contributed by atoms with van der Waals surface area (Å²) >= 11 is 1.49. The summed E-state index contributed by atoms with van der Waals surface area (Å²) in [6.45, 7) is 4.11. The number of hydrogen-bond donors (Lipinski definition) is 0. The number of benzene rings is 1. The molecule has 1 aliphatic carbocycles. The Hall–Kier alpha value is -2.54. The second-order valence-corrected chi connectivity index (χ2v) is 8.08. The number of carbonyl (C=O) groups is 1. The average Bonchev–Trinajstić information content (AvgIpc) is 3.03. The Kier molecular flexibility index (Phi) is 5.02. The van der Waals surface area contributed by atoms with Crippen molar-refractivity contribution < 1.29 is 13.9 Å². The zero-order chi connectivity index (χ0) is 19.8. The summed E-state index contributed by atoms with van der Waals surface area (Å²) in [4.78, 5) is 32.2. The minimum atomic E-state index is -0.419. The quantitative estimate of drug-likeness (QED) is 0.623. The lowest BCUT2D eigenvalue weighted by Crippen LogP contribution is -2.27. The van der Waals surface area contributed by atoms with E-state index in [1.54, 1.807) is 30.5 Å². The highest BCUT2D eigenvalue weighted by atomic mass is 32.1. The van der Waals surface area contributed by atoms with Gasteiger partial charge in [0.15, 0.2) is 0 Å². The maximum absolute atomic E-state index is 13.6. The number of fused-ring (bicyclic) bond motifs is 3. The molecule has 2 aromatic heterocycles. The van der Waals surface area contributed by atoms with Crippen LogP contribution < -0.4 is 5.56 Å². The number of nitrogens with zero attached hydrogens (tertiary/aromatic N) is 2. The van der Waals surface area contributed by atoms with E-state index in [1.807, 2.05) is 0 Å². The Morgan fingerprint density at radius 2 is 2.25 bits per heavy atom. The van der Waals surface area contributed by atoms with Crippen LogP contribution in [0, 0.1) is 12.7 Å². The number of aromatic nitrogens is 2. The van der Waals surface area contributed by atoms with E-state index in [9.17, 15) is 14.0 Å². The fourth-order valence-corrected chi connectivity index (χ4v) is 5.21. The van der Waals surface area contributed by atoms with Gasteiger partial charge in [-0.25, -0.2) is 9.37 Å². The average molecular weight is 400 g/mol. The van der Waals surface area contributed by atoms with E-state index in [1.165, 1.54) is 23.5 Å². The second kappa shape index (κ2) is 7.47. The molecule has 28 heavy (non-hydrogen) atoms. The molecule has 2 heterocycles. The van der Waals surface area contributed by atoms with Gasteiger partial charge in [0.25, 0.3) is 5.56 Å². The van der Waals surface area contributed by atoms with Crippen LogP contribution in [0.4, 0.5) is 4.39 Å². The summed E-state index contributed by atoms with van der Waals surface area (Å²) in [5.41, 5.74) is 1.30. The number of carbonyl (C=O) groups excluding carboxylic acids is 1. The maximum Gasteiger partial charge on any atom is 0.313 e. The maximum atomic E-state index is 13.6. The number of thiophene rings is 1. The van der Waals surface area contributed by atoms with Gasteiger partial charge in [0.1, 0.15) is 16.5 Å². The largest absolute Gasteiger partial charge is 0.466 e. The molecule has 0 amide bonds. The first kappa shape index (κ1) is 18.8.